The average Bonchev–Trinajstić information content (AvgIpc) is 2.05. The maximum absolute atomic E-state index is 10.1. The summed E-state index contributed by atoms with van der Waals surface area (Å²) in [5.41, 5.74) is 0. The van der Waals surface area contributed by atoms with Gasteiger partial charge in [0.2, 0.25) is 0 Å². The highest BCUT2D eigenvalue weighted by Crippen LogP contribution is 2.08. The predicted molar refractivity (Wildman–Crippen MR) is 35.2 cm³/mol. The standard InChI is InChI=1S/C5H5N3O3/c1-11-5-3-2-4(6-7-5)8(9)10/h2-3H,1H3. The fourth-order valence-electron chi connectivity index (χ4n) is 0.519. The first kappa shape index (κ1) is 7.39. The van der Waals surface area contributed by atoms with Gasteiger partial charge in [-0.2, -0.15) is 0 Å². The van der Waals surface area contributed by atoms with Gasteiger partial charge in [0.05, 0.1) is 12.2 Å². The lowest BCUT2D eigenvalue weighted by Crippen LogP contribution is -1.95. The fourth-order valence-corrected chi connectivity index (χ4v) is 0.519. The van der Waals surface area contributed by atoms with Gasteiger partial charge in [0, 0.05) is 17.2 Å². The van der Waals surface area contributed by atoms with E-state index in [0.717, 1.165) is 0 Å². The molecule has 0 saturated carbocycles. The molecule has 0 radical (unpaired) electrons. The zero-order chi connectivity index (χ0) is 8.27. The summed E-state index contributed by atoms with van der Waals surface area (Å²) >= 11 is 0. The molecule has 0 saturated heterocycles. The van der Waals surface area contributed by atoms with Crippen LogP contribution in [0.25, 0.3) is 0 Å². The van der Waals surface area contributed by atoms with Gasteiger partial charge >= 0.3 is 5.82 Å². The average molecular weight is 155 g/mol. The first-order chi connectivity index (χ1) is 5.24. The van der Waals surface area contributed by atoms with Crippen molar-refractivity contribution in [3.8, 4) is 5.88 Å². The van der Waals surface area contributed by atoms with Crippen LogP contribution in [0.2, 0.25) is 0 Å². The number of nitrogens with zero attached hydrogens (tertiary/aromatic N) is 3. The van der Waals surface area contributed by atoms with Crippen LogP contribution in [0.5, 0.6) is 5.88 Å². The molecule has 0 aliphatic rings. The Labute approximate surface area is 62.0 Å². The molecule has 0 bridgehead atoms. The van der Waals surface area contributed by atoms with E-state index in [2.05, 4.69) is 14.9 Å². The van der Waals surface area contributed by atoms with Gasteiger partial charge in [-0.1, -0.05) is 0 Å². The van der Waals surface area contributed by atoms with Crippen LogP contribution in [0.1, 0.15) is 0 Å². The van der Waals surface area contributed by atoms with Crippen LogP contribution in [0.4, 0.5) is 5.82 Å². The molecule has 58 valence electrons. The summed E-state index contributed by atoms with van der Waals surface area (Å²) in [6.07, 6.45) is 0. The van der Waals surface area contributed by atoms with Crippen LogP contribution in [-0.2, 0) is 0 Å². The fraction of sp³-hybridized carbons (Fsp3) is 0.200. The first-order valence-electron chi connectivity index (χ1n) is 2.76. The lowest BCUT2D eigenvalue weighted by atomic mass is 10.5. The van der Waals surface area contributed by atoms with Gasteiger partial charge in [-0.05, 0) is 4.92 Å². The molecule has 1 aromatic rings. The lowest BCUT2D eigenvalue weighted by Gasteiger charge is -1.92. The van der Waals surface area contributed by atoms with Crippen LogP contribution < -0.4 is 4.74 Å². The van der Waals surface area contributed by atoms with Gasteiger partial charge in [-0.25, -0.2) is 0 Å². The van der Waals surface area contributed by atoms with E-state index in [9.17, 15) is 10.1 Å². The molecule has 0 aliphatic carbocycles. The molecule has 1 rings (SSSR count). The van der Waals surface area contributed by atoms with Crippen molar-refractivity contribution >= 4 is 5.82 Å². The number of ether oxygens (including phenoxy) is 1. The summed E-state index contributed by atoms with van der Waals surface area (Å²) in [4.78, 5) is 9.44. The highest BCUT2D eigenvalue weighted by Gasteiger charge is 2.07. The van der Waals surface area contributed by atoms with Gasteiger partial charge in [0.25, 0.3) is 5.88 Å². The number of nitro groups is 1. The van der Waals surface area contributed by atoms with Gasteiger partial charge in [-0.3, -0.25) is 0 Å². The van der Waals surface area contributed by atoms with E-state index >= 15 is 0 Å². The minimum atomic E-state index is -0.619. The van der Waals surface area contributed by atoms with Crippen molar-refractivity contribution in [1.29, 1.82) is 0 Å². The Bertz CT molecular complexity index is 258. The van der Waals surface area contributed by atoms with Crippen LogP contribution in [0.15, 0.2) is 12.1 Å². The molecule has 0 fully saturated rings. The topological polar surface area (TPSA) is 78.2 Å². The maximum Gasteiger partial charge on any atom is 0.390 e. The van der Waals surface area contributed by atoms with Crippen molar-refractivity contribution in [3.63, 3.8) is 0 Å². The van der Waals surface area contributed by atoms with Crippen molar-refractivity contribution in [2.75, 3.05) is 7.11 Å². The summed E-state index contributed by atoms with van der Waals surface area (Å²) in [6, 6.07) is 2.61. The Morgan fingerprint density at radius 2 is 2.27 bits per heavy atom. The number of hydrogen-bond donors (Lipinski definition) is 0. The molecule has 6 heteroatoms. The molecular weight excluding hydrogens is 150 g/mol. The normalized spacial score (nSPS) is 9.18. The van der Waals surface area contributed by atoms with Crippen molar-refractivity contribution in [2.24, 2.45) is 0 Å². The molecule has 1 aromatic heterocycles. The first-order valence-corrected chi connectivity index (χ1v) is 2.76. The second-order valence-corrected chi connectivity index (χ2v) is 1.69. The highest BCUT2D eigenvalue weighted by molar-refractivity contribution is 5.20. The Morgan fingerprint density at radius 1 is 1.55 bits per heavy atom. The molecule has 0 N–H and O–H groups in total. The van der Waals surface area contributed by atoms with E-state index in [-0.39, 0.29) is 11.7 Å². The van der Waals surface area contributed by atoms with E-state index in [4.69, 9.17) is 0 Å². The summed E-state index contributed by atoms with van der Waals surface area (Å²) in [5.74, 6) is -0.0265. The van der Waals surface area contributed by atoms with E-state index in [1.165, 1.54) is 19.2 Å². The van der Waals surface area contributed by atoms with Crippen LogP contribution >= 0.6 is 0 Å². The van der Waals surface area contributed by atoms with E-state index in [1.807, 2.05) is 0 Å². The SMILES string of the molecule is COc1ccc([N+](=O)[O-])nn1. The Balaban J connectivity index is 2.91. The second kappa shape index (κ2) is 2.91. The Morgan fingerprint density at radius 3 is 2.64 bits per heavy atom. The van der Waals surface area contributed by atoms with Gasteiger partial charge < -0.3 is 14.9 Å². The third kappa shape index (κ3) is 1.60. The van der Waals surface area contributed by atoms with Crippen molar-refractivity contribution in [1.82, 2.24) is 10.2 Å². The number of hydrogen-bond acceptors (Lipinski definition) is 5. The number of rotatable bonds is 2. The predicted octanol–water partition coefficient (Wildman–Crippen LogP) is 0.393. The Kier molecular flexibility index (Phi) is 1.95. The molecule has 0 unspecified atom stereocenters. The van der Waals surface area contributed by atoms with E-state index in [0.29, 0.717) is 0 Å². The smallest absolute Gasteiger partial charge is 0.390 e. The largest absolute Gasteiger partial charge is 0.478 e. The summed E-state index contributed by atoms with van der Waals surface area (Å²) in [5, 5.41) is 16.7. The summed E-state index contributed by atoms with van der Waals surface area (Å²) < 4.78 is 4.65. The summed E-state index contributed by atoms with van der Waals surface area (Å²) in [6.45, 7) is 0. The molecule has 0 aromatic carbocycles. The molecule has 11 heavy (non-hydrogen) atoms. The zero-order valence-electron chi connectivity index (χ0n) is 5.72. The van der Waals surface area contributed by atoms with Crippen molar-refractivity contribution in [2.45, 2.75) is 0 Å². The van der Waals surface area contributed by atoms with Crippen LogP contribution in [-0.4, -0.2) is 22.2 Å². The van der Waals surface area contributed by atoms with E-state index < -0.39 is 4.92 Å². The van der Waals surface area contributed by atoms with Gasteiger partial charge in [0.15, 0.2) is 0 Å². The molecular formula is C5H5N3O3. The zero-order valence-corrected chi connectivity index (χ0v) is 5.72. The minimum Gasteiger partial charge on any atom is -0.478 e. The molecule has 0 amide bonds. The highest BCUT2D eigenvalue weighted by atomic mass is 16.6. The van der Waals surface area contributed by atoms with Crippen molar-refractivity contribution < 1.29 is 9.66 Å². The van der Waals surface area contributed by atoms with Crippen LogP contribution in [0, 0.1) is 10.1 Å². The lowest BCUT2D eigenvalue weighted by molar-refractivity contribution is -0.390. The second-order valence-electron chi connectivity index (χ2n) is 1.69. The van der Waals surface area contributed by atoms with Gasteiger partial charge in [-0.15, -0.1) is 0 Å². The van der Waals surface area contributed by atoms with E-state index in [1.54, 1.807) is 0 Å². The van der Waals surface area contributed by atoms with Crippen molar-refractivity contribution in [3.05, 3.63) is 22.2 Å². The Hall–Kier alpha value is -1.72. The van der Waals surface area contributed by atoms with Gasteiger partial charge in [0.1, 0.15) is 0 Å². The monoisotopic (exact) mass is 155 g/mol. The molecule has 0 aliphatic heterocycles. The molecule has 0 atom stereocenters. The molecule has 1 heterocycles. The minimum absolute atomic E-state index is 0.260. The number of methoxy groups -OCH3 is 1. The molecule has 6 nitrogen and oxygen atoms in total. The maximum atomic E-state index is 10.1. The summed E-state index contributed by atoms with van der Waals surface area (Å²) in [7, 11) is 1.41. The molecule has 0 spiro atoms. The quantitative estimate of drug-likeness (QED) is 0.456. The number of aromatic nitrogens is 2. The third-order valence-corrected chi connectivity index (χ3v) is 1.02. The third-order valence-electron chi connectivity index (χ3n) is 1.02. The van der Waals surface area contributed by atoms with Crippen LogP contribution in [0.3, 0.4) is 0 Å².